The largest absolute Gasteiger partial charge is 0.461 e. The molecule has 25 heavy (non-hydrogen) atoms. The fourth-order valence-corrected chi connectivity index (χ4v) is 3.54. The molecule has 0 spiro atoms. The molecule has 0 saturated heterocycles. The first-order valence-electron chi connectivity index (χ1n) is 9.07. The van der Waals surface area contributed by atoms with E-state index in [1.165, 1.54) is 6.92 Å². The van der Waals surface area contributed by atoms with Gasteiger partial charge >= 0.3 is 5.69 Å². The zero-order valence-electron chi connectivity index (χ0n) is 15.9. The van der Waals surface area contributed by atoms with Gasteiger partial charge in [0.1, 0.15) is 11.5 Å². The maximum Gasteiger partial charge on any atom is 0.351 e. The van der Waals surface area contributed by atoms with Crippen LogP contribution in [0.4, 0.5) is 5.69 Å². The molecule has 0 aromatic carbocycles. The number of hydrogen-bond acceptors (Lipinski definition) is 7. The van der Waals surface area contributed by atoms with E-state index >= 15 is 0 Å². The highest BCUT2D eigenvalue weighted by Gasteiger charge is 2.44. The van der Waals surface area contributed by atoms with Gasteiger partial charge in [-0.2, -0.15) is 4.98 Å². The number of nitrogens with zero attached hydrogens (tertiary/aromatic N) is 3. The number of aliphatic hydroxyl groups excluding tert-OH is 1. The van der Waals surface area contributed by atoms with Crippen molar-refractivity contribution in [2.24, 2.45) is 11.8 Å². The van der Waals surface area contributed by atoms with Crippen molar-refractivity contribution >= 4 is 11.5 Å². The lowest BCUT2D eigenvalue weighted by molar-refractivity contribution is -0.387. The third-order valence-electron chi connectivity index (χ3n) is 4.61. The highest BCUT2D eigenvalue weighted by atomic mass is 16.6. The van der Waals surface area contributed by atoms with Gasteiger partial charge in [-0.3, -0.25) is 14.9 Å². The molecule has 2 rings (SSSR count). The number of rotatable bonds is 9. The molecule has 1 fully saturated rings. The third-order valence-corrected chi connectivity index (χ3v) is 4.61. The number of hydrogen-bond donors (Lipinski definition) is 1. The maximum atomic E-state index is 12.8. The minimum atomic E-state index is -0.732. The quantitative estimate of drug-likeness (QED) is 0.412. The minimum absolute atomic E-state index is 0.00426. The van der Waals surface area contributed by atoms with Crippen LogP contribution in [0, 0.1) is 35.8 Å². The van der Waals surface area contributed by atoms with Crippen molar-refractivity contribution in [3.8, 4) is 5.88 Å². The topological polar surface area (TPSA) is 115 Å². The Bertz CT molecular complexity index is 670. The minimum Gasteiger partial charge on any atom is -0.461 e. The first-order chi connectivity index (χ1) is 12.4. The number of nitro groups is 1. The molecule has 0 radical (unpaired) electrons. The third kappa shape index (κ3) is 4.31. The lowest BCUT2D eigenvalue weighted by atomic mass is 9.97. The van der Waals surface area contributed by atoms with E-state index < -0.39 is 11.0 Å². The Morgan fingerprint density at radius 3 is 2.80 bits per heavy atom. The number of ketones is 1. The second-order valence-corrected chi connectivity index (χ2v) is 6.54. The summed E-state index contributed by atoms with van der Waals surface area (Å²) in [5.74, 6) is 0.0235. The molecule has 0 amide bonds. The molecule has 1 aromatic rings. The van der Waals surface area contributed by atoms with Gasteiger partial charge < -0.3 is 9.85 Å². The van der Waals surface area contributed by atoms with Gasteiger partial charge in [-0.15, -0.1) is 0 Å². The average molecular weight is 353 g/mol. The Morgan fingerprint density at radius 2 is 2.16 bits per heavy atom. The van der Waals surface area contributed by atoms with Gasteiger partial charge in [-0.1, -0.05) is 13.3 Å². The highest BCUT2D eigenvalue weighted by Crippen LogP contribution is 2.38. The van der Waals surface area contributed by atoms with Crippen LogP contribution >= 0.6 is 0 Å². The number of aryl methyl sites for hydroxylation is 2. The Hall–Kier alpha value is -2.09. The molecule has 1 aliphatic carbocycles. The summed E-state index contributed by atoms with van der Waals surface area (Å²) in [6, 6.07) is 0. The predicted octanol–water partition coefficient (Wildman–Crippen LogP) is 2.53. The monoisotopic (exact) mass is 353 g/mol. The van der Waals surface area contributed by atoms with Crippen molar-refractivity contribution in [1.29, 1.82) is 1.43 Å². The smallest absolute Gasteiger partial charge is 0.351 e. The summed E-state index contributed by atoms with van der Waals surface area (Å²) in [6.45, 7) is 5.48. The lowest BCUT2D eigenvalue weighted by Crippen LogP contribution is -2.31. The van der Waals surface area contributed by atoms with Crippen LogP contribution in [0.3, 0.4) is 0 Å². The summed E-state index contributed by atoms with van der Waals surface area (Å²) in [5, 5.41) is 15.7. The van der Waals surface area contributed by atoms with E-state index in [1.807, 2.05) is 6.92 Å². The van der Waals surface area contributed by atoms with E-state index in [0.29, 0.717) is 25.1 Å². The van der Waals surface area contributed by atoms with Crippen molar-refractivity contribution in [1.82, 2.24) is 9.97 Å². The van der Waals surface area contributed by atoms with Crippen molar-refractivity contribution in [2.75, 3.05) is 6.61 Å². The Balaban J connectivity index is 2.25. The van der Waals surface area contributed by atoms with Crippen LogP contribution in [-0.4, -0.2) is 39.9 Å². The molecule has 1 aliphatic rings. The van der Waals surface area contributed by atoms with Crippen LogP contribution in [0.2, 0.25) is 0 Å². The van der Waals surface area contributed by atoms with E-state index in [-0.39, 0.29) is 41.5 Å². The molecule has 0 aliphatic heterocycles. The first kappa shape index (κ1) is 17.7. The van der Waals surface area contributed by atoms with Gasteiger partial charge in [0.25, 0.3) is 5.88 Å². The van der Waals surface area contributed by atoms with Crippen LogP contribution in [0.5, 0.6) is 5.88 Å². The van der Waals surface area contributed by atoms with Crippen LogP contribution in [0.15, 0.2) is 0 Å². The van der Waals surface area contributed by atoms with E-state index in [0.717, 1.165) is 12.8 Å². The summed E-state index contributed by atoms with van der Waals surface area (Å²) in [7, 11) is 0. The van der Waals surface area contributed by atoms with Gasteiger partial charge in [-0.05, 0) is 39.5 Å². The van der Waals surface area contributed by atoms with Crippen LogP contribution < -0.4 is 4.74 Å². The molecular formula is C17H25N3O5. The number of carbonyl (C=O) groups excluding carboxylic acids is 1. The van der Waals surface area contributed by atoms with Crippen molar-refractivity contribution in [3.63, 3.8) is 0 Å². The summed E-state index contributed by atoms with van der Waals surface area (Å²) in [5.41, 5.74) is -0.0659. The standard InChI is InChI=1S/C17H25N3O5/c1-4-6-13-9-12(7-5-8-21)15(22)16(13)25-17-14(20(23)24)10(2)18-11(3)19-17/h12-13,16,21H,4-9H2,1-3H3/t12-,13-,16+/m0/s1/i21T. The Labute approximate surface area is 148 Å². The van der Waals surface area contributed by atoms with Gasteiger partial charge in [0.05, 0.1) is 4.92 Å². The number of ether oxygens (including phenoxy) is 1. The van der Waals surface area contributed by atoms with Crippen molar-refractivity contribution in [2.45, 2.75) is 59.0 Å². The summed E-state index contributed by atoms with van der Waals surface area (Å²) < 4.78 is 12.6. The fourth-order valence-electron chi connectivity index (χ4n) is 3.54. The fraction of sp³-hybridized carbons (Fsp3) is 0.706. The second-order valence-electron chi connectivity index (χ2n) is 6.54. The van der Waals surface area contributed by atoms with E-state index in [4.69, 9.17) is 6.17 Å². The molecule has 3 atom stereocenters. The maximum absolute atomic E-state index is 12.8. The molecule has 0 unspecified atom stereocenters. The molecule has 138 valence electrons. The van der Waals surface area contributed by atoms with E-state index in [2.05, 4.69) is 15.1 Å². The van der Waals surface area contributed by atoms with Gasteiger partial charge in [0, 0.05) is 18.4 Å². The summed E-state index contributed by atoms with van der Waals surface area (Å²) in [4.78, 5) is 31.7. The molecule has 1 N–H and O–H groups in total. The zero-order chi connectivity index (χ0) is 19.3. The number of carbonyl (C=O) groups is 1. The zero-order valence-corrected chi connectivity index (χ0v) is 14.9. The molecule has 8 heteroatoms. The van der Waals surface area contributed by atoms with Crippen LogP contribution in [-0.2, 0) is 4.79 Å². The first-order valence-corrected chi connectivity index (χ1v) is 8.67. The molecular weight excluding hydrogens is 326 g/mol. The predicted molar refractivity (Wildman–Crippen MR) is 90.4 cm³/mol. The van der Waals surface area contributed by atoms with Gasteiger partial charge in [0.15, 0.2) is 11.9 Å². The summed E-state index contributed by atoms with van der Waals surface area (Å²) >= 11 is 0. The second kappa shape index (κ2) is 8.33. The van der Waals surface area contributed by atoms with Gasteiger partial charge in [0.2, 0.25) is 1.43 Å². The number of aromatic nitrogens is 2. The Kier molecular flexibility index (Phi) is 5.91. The van der Waals surface area contributed by atoms with Crippen molar-refractivity contribution in [3.05, 3.63) is 21.6 Å². The Morgan fingerprint density at radius 1 is 1.40 bits per heavy atom. The average Bonchev–Trinajstić information content (AvgIpc) is 2.83. The molecule has 1 heterocycles. The van der Waals surface area contributed by atoms with E-state index in [9.17, 15) is 14.9 Å². The van der Waals surface area contributed by atoms with Crippen molar-refractivity contribution < 1.29 is 19.6 Å². The molecule has 1 saturated carbocycles. The van der Waals surface area contributed by atoms with Gasteiger partial charge in [-0.25, -0.2) is 4.98 Å². The normalized spacial score (nSPS) is 23.6. The lowest BCUT2D eigenvalue weighted by Gasteiger charge is -2.19. The molecule has 8 nitrogen and oxygen atoms in total. The van der Waals surface area contributed by atoms with Crippen LogP contribution in [0.25, 0.3) is 0 Å². The summed E-state index contributed by atoms with van der Waals surface area (Å²) in [6.07, 6.45) is 2.90. The number of aliphatic hydroxyl groups is 1. The molecule has 1 aromatic heterocycles. The highest BCUT2D eigenvalue weighted by molar-refractivity contribution is 5.88. The molecule has 0 bridgehead atoms. The number of Topliss-reactive ketones (excluding diaryl/α,β-unsaturated/α-hetero) is 1. The van der Waals surface area contributed by atoms with Crippen LogP contribution in [0.1, 0.15) is 50.5 Å². The van der Waals surface area contributed by atoms with E-state index in [1.54, 1.807) is 6.92 Å². The SMILES string of the molecule is [3H]OCCC[C@H]1C[C@H](CCC)[C@@H](Oc2nc(C)nc(C)c2[N+](=O)[O-])C1=O.